The van der Waals surface area contributed by atoms with Crippen LogP contribution in [0.5, 0.6) is 0 Å². The van der Waals surface area contributed by atoms with Crippen molar-refractivity contribution in [3.8, 4) is 0 Å². The molecule has 0 atom stereocenters. The summed E-state index contributed by atoms with van der Waals surface area (Å²) in [5.74, 6) is 0.193. The monoisotopic (exact) mass is 209 g/mol. The van der Waals surface area contributed by atoms with E-state index in [0.29, 0.717) is 0 Å². The highest BCUT2D eigenvalue weighted by Gasteiger charge is 2.10. The molecule has 0 saturated carbocycles. The second-order valence-electron chi connectivity index (χ2n) is 4.30. The van der Waals surface area contributed by atoms with Crippen LogP contribution in [0.15, 0.2) is 12.2 Å². The van der Waals surface area contributed by atoms with Gasteiger partial charge in [0.25, 0.3) is 0 Å². The van der Waals surface area contributed by atoms with Crippen LogP contribution in [-0.2, 0) is 4.79 Å². The summed E-state index contributed by atoms with van der Waals surface area (Å²) in [6.07, 6.45) is 12.5. The van der Waals surface area contributed by atoms with Crippen molar-refractivity contribution >= 4 is 5.91 Å². The van der Waals surface area contributed by atoms with E-state index in [9.17, 15) is 4.79 Å². The average Bonchev–Trinajstić information content (AvgIpc) is 2.26. The SMILES string of the molecule is C/C=C/C(=O)N1CCCCCCCCC1. The standard InChI is InChI=1S/C13H23NO/c1-2-10-13(15)14-11-8-6-4-3-5-7-9-12-14/h2,10H,3-9,11-12H2,1H3/b10-2+. The molecule has 0 unspecified atom stereocenters. The van der Waals surface area contributed by atoms with Gasteiger partial charge in [-0.3, -0.25) is 4.79 Å². The molecular formula is C13H23NO. The molecule has 0 spiro atoms. The zero-order valence-corrected chi connectivity index (χ0v) is 9.87. The Kier molecular flexibility index (Phi) is 6.14. The third-order valence-corrected chi connectivity index (χ3v) is 2.98. The Bertz CT molecular complexity index is 201. The predicted molar refractivity (Wildman–Crippen MR) is 63.7 cm³/mol. The number of carbonyl (C=O) groups is 1. The molecule has 2 heteroatoms. The molecule has 1 aliphatic rings. The normalized spacial score (nSPS) is 20.5. The lowest BCUT2D eigenvalue weighted by Gasteiger charge is -2.22. The van der Waals surface area contributed by atoms with Gasteiger partial charge in [0.15, 0.2) is 0 Å². The molecule has 2 nitrogen and oxygen atoms in total. The summed E-state index contributed by atoms with van der Waals surface area (Å²) in [6.45, 7) is 3.80. The van der Waals surface area contributed by atoms with Gasteiger partial charge < -0.3 is 4.90 Å². The van der Waals surface area contributed by atoms with Gasteiger partial charge in [-0.25, -0.2) is 0 Å². The lowest BCUT2D eigenvalue weighted by Crippen LogP contribution is -2.31. The van der Waals surface area contributed by atoms with Gasteiger partial charge in [0.2, 0.25) is 5.91 Å². The van der Waals surface area contributed by atoms with Crippen molar-refractivity contribution < 1.29 is 4.79 Å². The first kappa shape index (κ1) is 12.3. The highest BCUT2D eigenvalue weighted by molar-refractivity contribution is 5.87. The van der Waals surface area contributed by atoms with Crippen molar-refractivity contribution in [3.63, 3.8) is 0 Å². The fraction of sp³-hybridized carbons (Fsp3) is 0.769. The molecule has 1 fully saturated rings. The lowest BCUT2D eigenvalue weighted by atomic mass is 10.1. The van der Waals surface area contributed by atoms with Gasteiger partial charge in [0, 0.05) is 13.1 Å². The summed E-state index contributed by atoms with van der Waals surface area (Å²) in [4.78, 5) is 13.7. The Morgan fingerprint density at radius 1 is 0.933 bits per heavy atom. The second kappa shape index (κ2) is 7.49. The number of carbonyl (C=O) groups excluding carboxylic acids is 1. The van der Waals surface area contributed by atoms with Crippen LogP contribution in [0.3, 0.4) is 0 Å². The maximum atomic E-state index is 11.7. The van der Waals surface area contributed by atoms with E-state index in [1.807, 2.05) is 17.9 Å². The quantitative estimate of drug-likeness (QED) is 0.608. The van der Waals surface area contributed by atoms with Crippen molar-refractivity contribution in [1.82, 2.24) is 4.90 Å². The van der Waals surface area contributed by atoms with E-state index in [2.05, 4.69) is 0 Å². The van der Waals surface area contributed by atoms with Crippen LogP contribution in [-0.4, -0.2) is 23.9 Å². The zero-order chi connectivity index (χ0) is 10.9. The third kappa shape index (κ3) is 5.01. The predicted octanol–water partition coefficient (Wildman–Crippen LogP) is 3.14. The van der Waals surface area contributed by atoms with Crippen molar-refractivity contribution in [3.05, 3.63) is 12.2 Å². The van der Waals surface area contributed by atoms with Gasteiger partial charge in [0.05, 0.1) is 0 Å². The van der Waals surface area contributed by atoms with Crippen LogP contribution < -0.4 is 0 Å². The molecule has 15 heavy (non-hydrogen) atoms. The maximum absolute atomic E-state index is 11.7. The van der Waals surface area contributed by atoms with E-state index >= 15 is 0 Å². The van der Waals surface area contributed by atoms with Crippen LogP contribution in [0, 0.1) is 0 Å². The van der Waals surface area contributed by atoms with Gasteiger partial charge in [-0.05, 0) is 25.8 Å². The fourth-order valence-electron chi connectivity index (χ4n) is 2.07. The van der Waals surface area contributed by atoms with E-state index in [1.165, 1.54) is 44.9 Å². The molecule has 86 valence electrons. The van der Waals surface area contributed by atoms with Crippen LogP contribution in [0.2, 0.25) is 0 Å². The van der Waals surface area contributed by atoms with E-state index < -0.39 is 0 Å². The van der Waals surface area contributed by atoms with Crippen molar-refractivity contribution in [2.45, 2.75) is 51.9 Å². The molecular weight excluding hydrogens is 186 g/mol. The smallest absolute Gasteiger partial charge is 0.246 e. The summed E-state index contributed by atoms with van der Waals surface area (Å²) in [5, 5.41) is 0. The Morgan fingerprint density at radius 3 is 1.87 bits per heavy atom. The van der Waals surface area contributed by atoms with Crippen molar-refractivity contribution in [2.24, 2.45) is 0 Å². The van der Waals surface area contributed by atoms with Crippen molar-refractivity contribution in [1.29, 1.82) is 0 Å². The Morgan fingerprint density at radius 2 is 1.40 bits per heavy atom. The molecule has 1 aliphatic heterocycles. The van der Waals surface area contributed by atoms with E-state index in [-0.39, 0.29) is 5.91 Å². The molecule has 0 aromatic rings. The number of nitrogens with zero attached hydrogens (tertiary/aromatic N) is 1. The van der Waals surface area contributed by atoms with E-state index in [0.717, 1.165) is 13.1 Å². The second-order valence-corrected chi connectivity index (χ2v) is 4.30. The number of hydrogen-bond acceptors (Lipinski definition) is 1. The van der Waals surface area contributed by atoms with Crippen LogP contribution in [0.1, 0.15) is 51.9 Å². The molecule has 0 bridgehead atoms. The number of hydrogen-bond donors (Lipinski definition) is 0. The fourth-order valence-corrected chi connectivity index (χ4v) is 2.07. The first-order chi connectivity index (χ1) is 7.34. The molecule has 1 saturated heterocycles. The molecule has 1 rings (SSSR count). The lowest BCUT2D eigenvalue weighted by molar-refractivity contribution is -0.126. The van der Waals surface area contributed by atoms with Crippen LogP contribution in [0.25, 0.3) is 0 Å². The van der Waals surface area contributed by atoms with Gasteiger partial charge in [-0.1, -0.05) is 38.2 Å². The van der Waals surface area contributed by atoms with Gasteiger partial charge >= 0.3 is 0 Å². The summed E-state index contributed by atoms with van der Waals surface area (Å²) in [5.41, 5.74) is 0. The Balaban J connectivity index is 2.40. The minimum Gasteiger partial charge on any atom is -0.339 e. The highest BCUT2D eigenvalue weighted by Crippen LogP contribution is 2.11. The highest BCUT2D eigenvalue weighted by atomic mass is 16.2. The summed E-state index contributed by atoms with van der Waals surface area (Å²) in [7, 11) is 0. The molecule has 0 aliphatic carbocycles. The van der Waals surface area contributed by atoms with Gasteiger partial charge in [-0.2, -0.15) is 0 Å². The molecule has 0 radical (unpaired) electrons. The maximum Gasteiger partial charge on any atom is 0.246 e. The van der Waals surface area contributed by atoms with E-state index in [1.54, 1.807) is 6.08 Å². The number of allylic oxidation sites excluding steroid dienone is 1. The third-order valence-electron chi connectivity index (χ3n) is 2.98. The van der Waals surface area contributed by atoms with Crippen LogP contribution in [0.4, 0.5) is 0 Å². The van der Waals surface area contributed by atoms with E-state index in [4.69, 9.17) is 0 Å². The Hall–Kier alpha value is -0.790. The number of rotatable bonds is 1. The molecule has 1 amide bonds. The molecule has 0 N–H and O–H groups in total. The topological polar surface area (TPSA) is 20.3 Å². The zero-order valence-electron chi connectivity index (χ0n) is 9.87. The molecule has 1 heterocycles. The molecule has 0 aromatic carbocycles. The van der Waals surface area contributed by atoms with Crippen molar-refractivity contribution in [2.75, 3.05) is 13.1 Å². The minimum absolute atomic E-state index is 0.193. The van der Waals surface area contributed by atoms with Gasteiger partial charge in [-0.15, -0.1) is 0 Å². The van der Waals surface area contributed by atoms with Crippen LogP contribution >= 0.6 is 0 Å². The summed E-state index contributed by atoms with van der Waals surface area (Å²) < 4.78 is 0. The average molecular weight is 209 g/mol. The summed E-state index contributed by atoms with van der Waals surface area (Å²) in [6, 6.07) is 0. The van der Waals surface area contributed by atoms with Gasteiger partial charge in [0.1, 0.15) is 0 Å². The first-order valence-electron chi connectivity index (χ1n) is 6.26. The summed E-state index contributed by atoms with van der Waals surface area (Å²) >= 11 is 0. The Labute approximate surface area is 93.3 Å². The number of amides is 1. The first-order valence-corrected chi connectivity index (χ1v) is 6.26. The molecule has 0 aromatic heterocycles. The minimum atomic E-state index is 0.193. The largest absolute Gasteiger partial charge is 0.339 e.